The third-order valence-electron chi connectivity index (χ3n) is 3.09. The van der Waals surface area contributed by atoms with E-state index in [0.717, 1.165) is 48.4 Å². The number of hydrogen-bond acceptors (Lipinski definition) is 3. The summed E-state index contributed by atoms with van der Waals surface area (Å²) in [4.78, 5) is 5.50. The molecule has 1 heterocycles. The molecule has 1 aromatic heterocycles. The molecule has 1 fully saturated rings. The molecule has 120 valence electrons. The molecular weight excluding hydrogens is 465 g/mol. The van der Waals surface area contributed by atoms with Crippen LogP contribution in [0.1, 0.15) is 24.1 Å². The lowest BCUT2D eigenvalue weighted by Crippen LogP contribution is -2.37. The number of thiophene rings is 1. The van der Waals surface area contributed by atoms with Crippen molar-refractivity contribution in [3.05, 3.63) is 20.8 Å². The van der Waals surface area contributed by atoms with E-state index in [4.69, 9.17) is 4.74 Å². The first-order valence-corrected chi connectivity index (χ1v) is 8.65. The summed E-state index contributed by atoms with van der Waals surface area (Å²) in [6.45, 7) is 3.46. The molecular formula is C14H23BrIN3OS. The topological polar surface area (TPSA) is 45.7 Å². The van der Waals surface area contributed by atoms with Crippen molar-refractivity contribution < 1.29 is 4.74 Å². The molecule has 1 aliphatic carbocycles. The Morgan fingerprint density at radius 2 is 2.24 bits per heavy atom. The molecule has 4 nitrogen and oxygen atoms in total. The highest BCUT2D eigenvalue weighted by Crippen LogP contribution is 2.28. The smallest absolute Gasteiger partial charge is 0.191 e. The van der Waals surface area contributed by atoms with Crippen molar-refractivity contribution in [3.63, 3.8) is 0 Å². The number of nitrogens with zero attached hydrogens (tertiary/aromatic N) is 1. The molecule has 2 N–H and O–H groups in total. The van der Waals surface area contributed by atoms with Crippen LogP contribution in [-0.2, 0) is 11.3 Å². The van der Waals surface area contributed by atoms with Gasteiger partial charge in [0.05, 0.1) is 10.3 Å². The van der Waals surface area contributed by atoms with Gasteiger partial charge >= 0.3 is 0 Å². The predicted octanol–water partition coefficient (Wildman–Crippen LogP) is 3.61. The number of hydrogen-bond donors (Lipinski definition) is 2. The molecule has 0 atom stereocenters. The molecule has 1 aliphatic rings. The van der Waals surface area contributed by atoms with Crippen LogP contribution in [0.25, 0.3) is 0 Å². The molecule has 0 unspecified atom stereocenters. The van der Waals surface area contributed by atoms with Crippen LogP contribution >= 0.6 is 51.2 Å². The predicted molar refractivity (Wildman–Crippen MR) is 104 cm³/mol. The van der Waals surface area contributed by atoms with Crippen LogP contribution in [-0.4, -0.2) is 32.8 Å². The molecule has 0 spiro atoms. The molecule has 0 radical (unpaired) electrons. The van der Waals surface area contributed by atoms with E-state index in [1.54, 1.807) is 18.4 Å². The molecule has 0 aromatic carbocycles. The highest BCUT2D eigenvalue weighted by atomic mass is 127. The van der Waals surface area contributed by atoms with Gasteiger partial charge < -0.3 is 15.4 Å². The largest absolute Gasteiger partial charge is 0.381 e. The Balaban J connectivity index is 0.00000220. The minimum Gasteiger partial charge on any atom is -0.381 e. The molecule has 1 saturated carbocycles. The van der Waals surface area contributed by atoms with E-state index in [9.17, 15) is 0 Å². The summed E-state index contributed by atoms with van der Waals surface area (Å²) in [6.07, 6.45) is 3.72. The summed E-state index contributed by atoms with van der Waals surface area (Å²) in [5, 5.41) is 6.61. The zero-order valence-corrected chi connectivity index (χ0v) is 17.0. The average molecular weight is 488 g/mol. The van der Waals surface area contributed by atoms with E-state index in [1.165, 1.54) is 17.7 Å². The van der Waals surface area contributed by atoms with E-state index in [2.05, 4.69) is 43.7 Å². The molecule has 0 bridgehead atoms. The molecule has 1 aromatic rings. The molecule has 0 saturated heterocycles. The lowest BCUT2D eigenvalue weighted by atomic mass is 10.4. The van der Waals surface area contributed by atoms with E-state index < -0.39 is 0 Å². The monoisotopic (exact) mass is 487 g/mol. The van der Waals surface area contributed by atoms with Crippen molar-refractivity contribution >= 4 is 57.2 Å². The van der Waals surface area contributed by atoms with Crippen molar-refractivity contribution in [2.75, 3.05) is 26.8 Å². The fourth-order valence-electron chi connectivity index (χ4n) is 1.75. The number of aliphatic imine (C=N–C) groups is 1. The van der Waals surface area contributed by atoms with E-state index in [0.29, 0.717) is 0 Å². The lowest BCUT2D eigenvalue weighted by Gasteiger charge is -2.11. The lowest BCUT2D eigenvalue weighted by molar-refractivity contribution is 0.123. The van der Waals surface area contributed by atoms with Crippen molar-refractivity contribution in [2.45, 2.75) is 25.8 Å². The van der Waals surface area contributed by atoms with Crippen LogP contribution in [0.4, 0.5) is 0 Å². The first-order chi connectivity index (χ1) is 9.78. The first kappa shape index (κ1) is 19.2. The maximum absolute atomic E-state index is 5.60. The summed E-state index contributed by atoms with van der Waals surface area (Å²) < 4.78 is 6.76. The maximum Gasteiger partial charge on any atom is 0.191 e. The van der Waals surface area contributed by atoms with Gasteiger partial charge in [-0.05, 0) is 53.2 Å². The van der Waals surface area contributed by atoms with Gasteiger partial charge in [0, 0.05) is 31.7 Å². The van der Waals surface area contributed by atoms with Gasteiger partial charge in [-0.25, -0.2) is 0 Å². The fraction of sp³-hybridized carbons (Fsp3) is 0.643. The van der Waals surface area contributed by atoms with E-state index >= 15 is 0 Å². The van der Waals surface area contributed by atoms with Crippen molar-refractivity contribution in [2.24, 2.45) is 10.9 Å². The van der Waals surface area contributed by atoms with Crippen LogP contribution in [0.15, 0.2) is 20.9 Å². The highest BCUT2D eigenvalue weighted by Gasteiger charge is 2.20. The third-order valence-corrected chi connectivity index (χ3v) is 4.71. The normalized spacial score (nSPS) is 14.7. The third kappa shape index (κ3) is 8.37. The second-order valence-electron chi connectivity index (χ2n) is 4.93. The number of ether oxygens (including phenoxy) is 1. The van der Waals surface area contributed by atoms with E-state index in [1.807, 2.05) is 0 Å². The number of rotatable bonds is 8. The Kier molecular flexibility index (Phi) is 9.87. The van der Waals surface area contributed by atoms with Crippen LogP contribution in [0.2, 0.25) is 0 Å². The molecule has 21 heavy (non-hydrogen) atoms. The molecule has 7 heteroatoms. The fourth-order valence-corrected chi connectivity index (χ4v) is 3.18. The Labute approximate surface area is 156 Å². The zero-order valence-electron chi connectivity index (χ0n) is 12.2. The van der Waals surface area contributed by atoms with Crippen molar-refractivity contribution in [3.8, 4) is 0 Å². The van der Waals surface area contributed by atoms with Gasteiger partial charge in [0.2, 0.25) is 0 Å². The van der Waals surface area contributed by atoms with Gasteiger partial charge in [0.15, 0.2) is 5.96 Å². The van der Waals surface area contributed by atoms with Crippen molar-refractivity contribution in [1.29, 1.82) is 0 Å². The van der Waals surface area contributed by atoms with Gasteiger partial charge in [0.25, 0.3) is 0 Å². The first-order valence-electron chi connectivity index (χ1n) is 7.04. The van der Waals surface area contributed by atoms with Gasteiger partial charge in [0.1, 0.15) is 0 Å². The Morgan fingerprint density at radius 3 is 2.86 bits per heavy atom. The number of guanidine groups is 1. The highest BCUT2D eigenvalue weighted by molar-refractivity contribution is 14.0. The quantitative estimate of drug-likeness (QED) is 0.255. The Bertz CT molecular complexity index is 438. The SMILES string of the molecule is CN=C(NCCCOCC1CC1)NCc1ccc(Br)s1.I. The summed E-state index contributed by atoms with van der Waals surface area (Å²) in [5.41, 5.74) is 0. The van der Waals surface area contributed by atoms with Gasteiger partial charge in [-0.3, -0.25) is 4.99 Å². The molecule has 0 amide bonds. The standard InChI is InChI=1S/C14H22BrN3OS.HI/c1-16-14(18-9-12-5-6-13(15)20-12)17-7-2-8-19-10-11-3-4-11;/h5-6,11H,2-4,7-10H2,1H3,(H2,16,17,18);1H. The van der Waals surface area contributed by atoms with Crippen molar-refractivity contribution in [1.82, 2.24) is 10.6 Å². The Morgan fingerprint density at radius 1 is 1.43 bits per heavy atom. The summed E-state index contributed by atoms with van der Waals surface area (Å²) in [7, 11) is 1.79. The zero-order chi connectivity index (χ0) is 14.2. The van der Waals surface area contributed by atoms with Gasteiger partial charge in [-0.1, -0.05) is 0 Å². The van der Waals surface area contributed by atoms with Gasteiger partial charge in [-0.2, -0.15) is 0 Å². The van der Waals surface area contributed by atoms with Crippen LogP contribution in [0, 0.1) is 5.92 Å². The maximum atomic E-state index is 5.60. The number of nitrogens with one attached hydrogen (secondary N) is 2. The minimum atomic E-state index is 0. The van der Waals surface area contributed by atoms with E-state index in [-0.39, 0.29) is 24.0 Å². The molecule has 0 aliphatic heterocycles. The Hall–Kier alpha value is 0.140. The van der Waals surface area contributed by atoms with Gasteiger partial charge in [-0.15, -0.1) is 35.3 Å². The second kappa shape index (κ2) is 10.8. The average Bonchev–Trinajstić information content (AvgIpc) is 3.18. The summed E-state index contributed by atoms with van der Waals surface area (Å²) in [6, 6.07) is 4.18. The minimum absolute atomic E-state index is 0. The molecule has 2 rings (SSSR count). The van der Waals surface area contributed by atoms with Crippen LogP contribution in [0.5, 0.6) is 0 Å². The number of halogens is 2. The van der Waals surface area contributed by atoms with Crippen LogP contribution < -0.4 is 10.6 Å². The van der Waals surface area contributed by atoms with Crippen LogP contribution in [0.3, 0.4) is 0 Å². The summed E-state index contributed by atoms with van der Waals surface area (Å²) >= 11 is 5.20. The summed E-state index contributed by atoms with van der Waals surface area (Å²) in [5.74, 6) is 1.69. The second-order valence-corrected chi connectivity index (χ2v) is 7.48.